The van der Waals surface area contributed by atoms with Crippen molar-refractivity contribution in [2.24, 2.45) is 0 Å². The second-order valence-corrected chi connectivity index (χ2v) is 14.3. The van der Waals surface area contributed by atoms with Gasteiger partial charge in [0.2, 0.25) is 5.95 Å². The van der Waals surface area contributed by atoms with Gasteiger partial charge in [-0.3, -0.25) is 9.36 Å². The highest BCUT2D eigenvalue weighted by Crippen LogP contribution is 2.31. The number of ether oxygens (including phenoxy) is 1. The summed E-state index contributed by atoms with van der Waals surface area (Å²) >= 11 is 0. The Labute approximate surface area is 164 Å². The average molecular weight is 398 g/mol. The first-order valence-electron chi connectivity index (χ1n) is 9.54. The van der Waals surface area contributed by atoms with Gasteiger partial charge in [0, 0.05) is 39.7 Å². The van der Waals surface area contributed by atoms with E-state index in [0.29, 0.717) is 30.4 Å². The van der Waals surface area contributed by atoms with Crippen LogP contribution in [0.4, 0.5) is 5.95 Å². The Morgan fingerprint density at radius 1 is 1.18 bits per heavy atom. The number of fused-ring (bicyclic) bond motifs is 5. The molecule has 4 aromatic rings. The van der Waals surface area contributed by atoms with Crippen LogP contribution in [-0.2, 0) is 11.5 Å². The van der Waals surface area contributed by atoms with Gasteiger partial charge in [-0.25, -0.2) is 4.98 Å². The molecular weight excluding hydrogens is 370 g/mol. The van der Waals surface area contributed by atoms with E-state index in [0.717, 1.165) is 27.8 Å². The lowest BCUT2D eigenvalue weighted by Crippen LogP contribution is -2.22. The molecule has 3 heterocycles. The van der Waals surface area contributed by atoms with Crippen LogP contribution in [0.2, 0.25) is 25.7 Å². The second kappa shape index (κ2) is 6.79. The number of imidazole rings is 1. The Hall–Kier alpha value is -2.58. The maximum Gasteiger partial charge on any atom is 0.277 e. The molecule has 0 aliphatic carbocycles. The molecule has 28 heavy (non-hydrogen) atoms. The molecule has 8 heteroatoms. The summed E-state index contributed by atoms with van der Waals surface area (Å²) in [5.74, 6) is 0.714. The molecular formula is C20H27N5O2Si. The number of H-pyrrole nitrogens is 2. The summed E-state index contributed by atoms with van der Waals surface area (Å²) in [6.07, 6.45) is 0. The Morgan fingerprint density at radius 3 is 2.64 bits per heavy atom. The summed E-state index contributed by atoms with van der Waals surface area (Å²) in [5.41, 5.74) is 2.76. The number of nitrogens with one attached hydrogen (secondary N) is 2. The summed E-state index contributed by atoms with van der Waals surface area (Å²) in [7, 11) is 2.70. The minimum atomic E-state index is -1.17. The van der Waals surface area contributed by atoms with E-state index in [1.807, 2.05) is 41.8 Å². The van der Waals surface area contributed by atoms with Crippen LogP contribution in [0.15, 0.2) is 29.1 Å². The van der Waals surface area contributed by atoms with Crippen molar-refractivity contribution < 1.29 is 4.74 Å². The third kappa shape index (κ3) is 3.22. The monoisotopic (exact) mass is 397 g/mol. The van der Waals surface area contributed by atoms with E-state index in [2.05, 4.69) is 40.7 Å². The van der Waals surface area contributed by atoms with E-state index in [1.54, 1.807) is 0 Å². The van der Waals surface area contributed by atoms with Gasteiger partial charge in [-0.1, -0.05) is 37.8 Å². The number of rotatable bonds is 6. The Morgan fingerprint density at radius 2 is 1.93 bits per heavy atom. The van der Waals surface area contributed by atoms with Gasteiger partial charge in [0.15, 0.2) is 5.52 Å². The molecule has 0 amide bonds. The van der Waals surface area contributed by atoms with Crippen molar-refractivity contribution in [3.63, 3.8) is 0 Å². The SMILES string of the molecule is CN(C)c1nc2c(=O)[nH]c3[nH]c4ccccc4c3c2n1COCC[Si](C)(C)C. The number of hydrogen-bond acceptors (Lipinski definition) is 4. The number of para-hydroxylation sites is 1. The van der Waals surface area contributed by atoms with Gasteiger partial charge in [-0.15, -0.1) is 0 Å². The predicted molar refractivity (Wildman–Crippen MR) is 118 cm³/mol. The number of pyridine rings is 1. The molecule has 0 aliphatic rings. The largest absolute Gasteiger partial charge is 0.361 e. The summed E-state index contributed by atoms with van der Waals surface area (Å²) in [6.45, 7) is 8.09. The first-order valence-corrected chi connectivity index (χ1v) is 13.2. The van der Waals surface area contributed by atoms with Crippen molar-refractivity contribution in [3.05, 3.63) is 34.6 Å². The van der Waals surface area contributed by atoms with Crippen LogP contribution in [0.5, 0.6) is 0 Å². The first-order chi connectivity index (χ1) is 13.3. The topological polar surface area (TPSA) is 78.9 Å². The highest BCUT2D eigenvalue weighted by molar-refractivity contribution is 6.76. The minimum Gasteiger partial charge on any atom is -0.361 e. The lowest BCUT2D eigenvalue weighted by atomic mass is 10.2. The molecule has 0 aliphatic heterocycles. The van der Waals surface area contributed by atoms with E-state index in [9.17, 15) is 4.79 Å². The molecule has 0 saturated heterocycles. The molecule has 0 atom stereocenters. The quantitative estimate of drug-likeness (QED) is 0.384. The normalized spacial score (nSPS) is 12.5. The number of nitrogens with zero attached hydrogens (tertiary/aromatic N) is 3. The fourth-order valence-electron chi connectivity index (χ4n) is 3.51. The van der Waals surface area contributed by atoms with E-state index in [4.69, 9.17) is 4.74 Å². The van der Waals surface area contributed by atoms with Crippen LogP contribution in [-0.4, -0.2) is 48.3 Å². The minimum absolute atomic E-state index is 0.196. The van der Waals surface area contributed by atoms with Gasteiger partial charge in [-0.05, 0) is 12.1 Å². The molecule has 0 saturated carbocycles. The maximum absolute atomic E-state index is 12.7. The summed E-state index contributed by atoms with van der Waals surface area (Å²) in [5, 5.41) is 2.03. The van der Waals surface area contributed by atoms with Crippen LogP contribution in [0.3, 0.4) is 0 Å². The molecule has 3 aromatic heterocycles. The molecule has 0 bridgehead atoms. The standard InChI is InChI=1S/C20H27N5O2Si/c1-24(2)20-22-16-17(25(20)12-27-10-11-28(3,4)5)15-13-8-6-7-9-14(13)21-18(15)23-19(16)26/h6-9H,10-12H2,1-5H3,(H2,21,23,26). The van der Waals surface area contributed by atoms with E-state index in [1.165, 1.54) is 0 Å². The molecule has 0 radical (unpaired) electrons. The molecule has 0 spiro atoms. The fraction of sp³-hybridized carbons (Fsp3) is 0.400. The van der Waals surface area contributed by atoms with Crippen LogP contribution >= 0.6 is 0 Å². The van der Waals surface area contributed by atoms with E-state index in [-0.39, 0.29) is 5.56 Å². The Balaban J connectivity index is 1.91. The van der Waals surface area contributed by atoms with Crippen molar-refractivity contribution in [1.82, 2.24) is 19.5 Å². The molecule has 7 nitrogen and oxygen atoms in total. The molecule has 0 unspecified atom stereocenters. The third-order valence-electron chi connectivity index (χ3n) is 4.96. The van der Waals surface area contributed by atoms with Crippen molar-refractivity contribution in [2.75, 3.05) is 25.6 Å². The van der Waals surface area contributed by atoms with Crippen molar-refractivity contribution >= 4 is 47.0 Å². The van der Waals surface area contributed by atoms with Gasteiger partial charge in [0.1, 0.15) is 12.4 Å². The lowest BCUT2D eigenvalue weighted by Gasteiger charge is -2.18. The van der Waals surface area contributed by atoms with E-state index < -0.39 is 8.07 Å². The number of anilines is 1. The molecule has 0 fully saturated rings. The van der Waals surface area contributed by atoms with Gasteiger partial charge in [0.05, 0.1) is 10.9 Å². The first kappa shape index (κ1) is 18.8. The summed E-state index contributed by atoms with van der Waals surface area (Å²) in [4.78, 5) is 25.5. The van der Waals surface area contributed by atoms with E-state index >= 15 is 0 Å². The zero-order valence-corrected chi connectivity index (χ0v) is 18.1. The maximum atomic E-state index is 12.7. The third-order valence-corrected chi connectivity index (χ3v) is 6.66. The van der Waals surface area contributed by atoms with Crippen molar-refractivity contribution in [2.45, 2.75) is 32.4 Å². The van der Waals surface area contributed by atoms with Gasteiger partial charge < -0.3 is 19.6 Å². The van der Waals surface area contributed by atoms with Crippen LogP contribution in [0.25, 0.3) is 33.0 Å². The van der Waals surface area contributed by atoms with Crippen LogP contribution in [0, 0.1) is 0 Å². The number of aromatic amines is 2. The van der Waals surface area contributed by atoms with Crippen molar-refractivity contribution in [1.29, 1.82) is 0 Å². The van der Waals surface area contributed by atoms with Gasteiger partial charge >= 0.3 is 0 Å². The molecule has 4 rings (SSSR count). The highest BCUT2D eigenvalue weighted by atomic mass is 28.3. The Bertz CT molecular complexity index is 1210. The smallest absolute Gasteiger partial charge is 0.277 e. The zero-order valence-electron chi connectivity index (χ0n) is 17.1. The van der Waals surface area contributed by atoms with Gasteiger partial charge in [0.25, 0.3) is 5.56 Å². The highest BCUT2D eigenvalue weighted by Gasteiger charge is 2.21. The van der Waals surface area contributed by atoms with Crippen LogP contribution in [0.1, 0.15) is 0 Å². The fourth-order valence-corrected chi connectivity index (χ4v) is 4.26. The number of aromatic nitrogens is 4. The number of hydrogen-bond donors (Lipinski definition) is 2. The Kier molecular flexibility index (Phi) is 4.55. The lowest BCUT2D eigenvalue weighted by molar-refractivity contribution is 0.0909. The zero-order chi connectivity index (χ0) is 20.1. The summed E-state index contributed by atoms with van der Waals surface area (Å²) in [6, 6.07) is 9.15. The van der Waals surface area contributed by atoms with Crippen molar-refractivity contribution in [3.8, 4) is 0 Å². The van der Waals surface area contributed by atoms with Gasteiger partial charge in [-0.2, -0.15) is 0 Å². The molecule has 2 N–H and O–H groups in total. The second-order valence-electron chi connectivity index (χ2n) is 8.65. The predicted octanol–water partition coefficient (Wildman–Crippen LogP) is 3.74. The number of benzene rings is 1. The molecule has 148 valence electrons. The average Bonchev–Trinajstić information content (AvgIpc) is 3.16. The summed E-state index contributed by atoms with van der Waals surface area (Å²) < 4.78 is 8.05. The molecule has 1 aromatic carbocycles. The van der Waals surface area contributed by atoms with Crippen LogP contribution < -0.4 is 10.5 Å².